The van der Waals surface area contributed by atoms with Crippen LogP contribution in [-0.4, -0.2) is 15.7 Å². The smallest absolute Gasteiger partial charge is 0.224 e. The van der Waals surface area contributed by atoms with Gasteiger partial charge in [-0.25, -0.2) is 0 Å². The van der Waals surface area contributed by atoms with Gasteiger partial charge in [-0.05, 0) is 38.0 Å². The number of hydrogen-bond donors (Lipinski definition) is 1. The van der Waals surface area contributed by atoms with Gasteiger partial charge < -0.3 is 5.32 Å². The number of nitriles is 1. The topological polar surface area (TPSA) is 70.7 Å². The number of rotatable bonds is 4. The van der Waals surface area contributed by atoms with Crippen LogP contribution in [0.2, 0.25) is 0 Å². The Morgan fingerprint density at radius 2 is 2.10 bits per heavy atom. The Labute approximate surface area is 124 Å². The molecule has 0 unspecified atom stereocenters. The van der Waals surface area contributed by atoms with Gasteiger partial charge in [0.25, 0.3) is 0 Å². The van der Waals surface area contributed by atoms with Gasteiger partial charge in [0.05, 0.1) is 16.9 Å². The van der Waals surface area contributed by atoms with Crippen LogP contribution in [0.1, 0.15) is 28.9 Å². The number of aromatic nitrogens is 2. The minimum atomic E-state index is -0.0969. The van der Waals surface area contributed by atoms with Crippen molar-refractivity contribution in [1.82, 2.24) is 9.78 Å². The van der Waals surface area contributed by atoms with Crippen LogP contribution in [0.5, 0.6) is 0 Å². The van der Waals surface area contributed by atoms with Crippen molar-refractivity contribution in [2.75, 3.05) is 5.32 Å². The molecule has 0 spiro atoms. The summed E-state index contributed by atoms with van der Waals surface area (Å²) in [5.74, 6) is -0.0969. The quantitative estimate of drug-likeness (QED) is 0.936. The Hall–Kier alpha value is -2.61. The van der Waals surface area contributed by atoms with E-state index in [2.05, 4.69) is 16.5 Å². The Kier molecular flexibility index (Phi) is 4.39. The van der Waals surface area contributed by atoms with E-state index >= 15 is 0 Å². The Bertz CT molecular complexity index is 710. The van der Waals surface area contributed by atoms with Crippen LogP contribution in [0.15, 0.2) is 24.3 Å². The normalized spacial score (nSPS) is 10.2. The molecule has 5 heteroatoms. The fraction of sp³-hybridized carbons (Fsp3) is 0.312. The molecule has 1 N–H and O–H groups in total. The van der Waals surface area contributed by atoms with E-state index in [4.69, 9.17) is 5.26 Å². The molecule has 0 bridgehead atoms. The second-order valence-electron chi connectivity index (χ2n) is 4.98. The predicted octanol–water partition coefficient (Wildman–Crippen LogP) is 2.48. The molecule has 5 nitrogen and oxygen atoms in total. The number of anilines is 1. The summed E-state index contributed by atoms with van der Waals surface area (Å²) in [4.78, 5) is 12.0. The lowest BCUT2D eigenvalue weighted by Gasteiger charge is -2.07. The van der Waals surface area contributed by atoms with E-state index in [1.807, 2.05) is 25.6 Å². The highest BCUT2D eigenvalue weighted by molar-refractivity contribution is 5.92. The molecule has 2 rings (SSSR count). The molecule has 0 radical (unpaired) electrons. The number of benzene rings is 1. The summed E-state index contributed by atoms with van der Waals surface area (Å²) in [7, 11) is 1.90. The number of nitrogens with zero attached hydrogens (tertiary/aromatic N) is 3. The second-order valence-corrected chi connectivity index (χ2v) is 4.98. The van der Waals surface area contributed by atoms with Crippen molar-refractivity contribution < 1.29 is 4.79 Å². The van der Waals surface area contributed by atoms with Crippen molar-refractivity contribution in [2.24, 2.45) is 7.05 Å². The summed E-state index contributed by atoms with van der Waals surface area (Å²) >= 11 is 0. The molecule has 1 amide bonds. The molecule has 1 heterocycles. The van der Waals surface area contributed by atoms with Gasteiger partial charge in [-0.1, -0.05) is 12.1 Å². The minimum Gasteiger partial charge on any atom is -0.325 e. The van der Waals surface area contributed by atoms with Crippen LogP contribution in [0, 0.1) is 25.2 Å². The number of para-hydroxylation sites is 1. The summed E-state index contributed by atoms with van der Waals surface area (Å²) in [6, 6.07) is 9.06. The molecule has 0 saturated carbocycles. The Morgan fingerprint density at radius 1 is 1.38 bits per heavy atom. The van der Waals surface area contributed by atoms with E-state index in [0.717, 1.165) is 17.0 Å². The number of hydrogen-bond acceptors (Lipinski definition) is 3. The molecule has 0 atom stereocenters. The van der Waals surface area contributed by atoms with Gasteiger partial charge in [-0.3, -0.25) is 9.48 Å². The summed E-state index contributed by atoms with van der Waals surface area (Å²) < 4.78 is 1.83. The van der Waals surface area contributed by atoms with Crippen LogP contribution in [-0.2, 0) is 18.3 Å². The van der Waals surface area contributed by atoms with Gasteiger partial charge in [-0.15, -0.1) is 0 Å². The molecule has 1 aromatic heterocycles. The van der Waals surface area contributed by atoms with Crippen molar-refractivity contribution in [2.45, 2.75) is 26.7 Å². The van der Waals surface area contributed by atoms with Gasteiger partial charge in [0.2, 0.25) is 5.91 Å². The fourth-order valence-electron chi connectivity index (χ4n) is 2.32. The van der Waals surface area contributed by atoms with Crippen LogP contribution in [0.4, 0.5) is 5.69 Å². The molecule has 0 fully saturated rings. The first kappa shape index (κ1) is 14.8. The number of amides is 1. The summed E-state index contributed by atoms with van der Waals surface area (Å²) in [6.45, 7) is 3.95. The molecule has 108 valence electrons. The highest BCUT2D eigenvalue weighted by atomic mass is 16.1. The van der Waals surface area contributed by atoms with E-state index in [1.165, 1.54) is 0 Å². The monoisotopic (exact) mass is 282 g/mol. The van der Waals surface area contributed by atoms with Gasteiger partial charge in [0.1, 0.15) is 6.07 Å². The van der Waals surface area contributed by atoms with E-state index in [9.17, 15) is 4.79 Å². The fourth-order valence-corrected chi connectivity index (χ4v) is 2.32. The lowest BCUT2D eigenvalue weighted by Crippen LogP contribution is -2.13. The molecule has 21 heavy (non-hydrogen) atoms. The zero-order chi connectivity index (χ0) is 15.4. The van der Waals surface area contributed by atoms with Crippen LogP contribution < -0.4 is 5.32 Å². The van der Waals surface area contributed by atoms with Crippen LogP contribution in [0.25, 0.3) is 0 Å². The average Bonchev–Trinajstić information content (AvgIpc) is 2.71. The Balaban J connectivity index is 2.01. The average molecular weight is 282 g/mol. The molecular weight excluding hydrogens is 264 g/mol. The third kappa shape index (κ3) is 3.29. The van der Waals surface area contributed by atoms with E-state index in [-0.39, 0.29) is 5.91 Å². The summed E-state index contributed by atoms with van der Waals surface area (Å²) in [6.07, 6.45) is 1.01. The SMILES string of the molecule is Cc1nn(C)c(C)c1CCC(=O)Nc1ccccc1C#N. The molecule has 1 aromatic carbocycles. The first-order chi connectivity index (χ1) is 10.0. The van der Waals surface area contributed by atoms with E-state index < -0.39 is 0 Å². The third-order valence-corrected chi connectivity index (χ3v) is 3.58. The van der Waals surface area contributed by atoms with Gasteiger partial charge in [-0.2, -0.15) is 10.4 Å². The van der Waals surface area contributed by atoms with Crippen molar-refractivity contribution in [3.05, 3.63) is 46.8 Å². The zero-order valence-corrected chi connectivity index (χ0v) is 12.5. The summed E-state index contributed by atoms with van der Waals surface area (Å²) in [5, 5.41) is 16.1. The standard InChI is InChI=1S/C16H18N4O/c1-11-14(12(2)20(3)19-11)8-9-16(21)18-15-7-5-4-6-13(15)10-17/h4-7H,8-9H2,1-3H3,(H,18,21). The predicted molar refractivity (Wildman–Crippen MR) is 80.8 cm³/mol. The van der Waals surface area contributed by atoms with Crippen molar-refractivity contribution in [3.63, 3.8) is 0 Å². The lowest BCUT2D eigenvalue weighted by molar-refractivity contribution is -0.116. The van der Waals surface area contributed by atoms with E-state index in [0.29, 0.717) is 24.1 Å². The highest BCUT2D eigenvalue weighted by Crippen LogP contribution is 2.16. The number of aryl methyl sites for hydroxylation is 2. The second kappa shape index (κ2) is 6.23. The molecule has 0 aliphatic heterocycles. The maximum Gasteiger partial charge on any atom is 0.224 e. The highest BCUT2D eigenvalue weighted by Gasteiger charge is 2.12. The third-order valence-electron chi connectivity index (χ3n) is 3.58. The lowest BCUT2D eigenvalue weighted by atomic mass is 10.1. The molecule has 0 aliphatic carbocycles. The zero-order valence-electron chi connectivity index (χ0n) is 12.5. The molecule has 0 aliphatic rings. The first-order valence-electron chi connectivity index (χ1n) is 6.81. The molecule has 2 aromatic rings. The van der Waals surface area contributed by atoms with Crippen molar-refractivity contribution in [3.8, 4) is 6.07 Å². The van der Waals surface area contributed by atoms with Gasteiger partial charge in [0, 0.05) is 19.2 Å². The maximum atomic E-state index is 12.0. The number of carbonyl (C=O) groups is 1. The first-order valence-corrected chi connectivity index (χ1v) is 6.81. The largest absolute Gasteiger partial charge is 0.325 e. The maximum absolute atomic E-state index is 12.0. The molecule has 0 saturated heterocycles. The van der Waals surface area contributed by atoms with Crippen molar-refractivity contribution >= 4 is 11.6 Å². The van der Waals surface area contributed by atoms with Crippen LogP contribution in [0.3, 0.4) is 0 Å². The minimum absolute atomic E-state index is 0.0969. The van der Waals surface area contributed by atoms with E-state index in [1.54, 1.807) is 24.3 Å². The van der Waals surface area contributed by atoms with Gasteiger partial charge >= 0.3 is 0 Å². The van der Waals surface area contributed by atoms with Crippen LogP contribution >= 0.6 is 0 Å². The van der Waals surface area contributed by atoms with Crippen molar-refractivity contribution in [1.29, 1.82) is 5.26 Å². The summed E-state index contributed by atoms with van der Waals surface area (Å²) in [5.41, 5.74) is 4.18. The Morgan fingerprint density at radius 3 is 2.71 bits per heavy atom. The van der Waals surface area contributed by atoms with Gasteiger partial charge in [0.15, 0.2) is 0 Å². The number of carbonyl (C=O) groups excluding carboxylic acids is 1. The number of nitrogens with one attached hydrogen (secondary N) is 1. The molecular formula is C16H18N4O.